The number of fused-ring (bicyclic) bond motifs is 1. The number of hydrogen-bond donors (Lipinski definition) is 0. The first-order valence-corrected chi connectivity index (χ1v) is 7.23. The fourth-order valence-corrected chi connectivity index (χ4v) is 2.41. The normalized spacial score (nSPS) is 11.4. The van der Waals surface area contributed by atoms with E-state index in [2.05, 4.69) is 25.0 Å². The Hall–Kier alpha value is -1.87. The Morgan fingerprint density at radius 2 is 2.00 bits per heavy atom. The molecule has 2 heterocycles. The van der Waals surface area contributed by atoms with E-state index in [4.69, 9.17) is 16.6 Å². The molecule has 0 saturated heterocycles. The zero-order valence-corrected chi connectivity index (χ0v) is 12.3. The second kappa shape index (κ2) is 5.25. The number of rotatable bonds is 3. The van der Waals surface area contributed by atoms with Gasteiger partial charge in [-0.3, -0.25) is 0 Å². The van der Waals surface area contributed by atoms with Crippen molar-refractivity contribution in [2.24, 2.45) is 0 Å². The third-order valence-electron chi connectivity index (χ3n) is 3.34. The Bertz CT molecular complexity index is 746. The molecule has 0 bridgehead atoms. The molecule has 0 unspecified atom stereocenters. The van der Waals surface area contributed by atoms with Gasteiger partial charge in [0.05, 0.1) is 17.1 Å². The zero-order chi connectivity index (χ0) is 14.1. The van der Waals surface area contributed by atoms with Crippen LogP contribution in [0.4, 0.5) is 0 Å². The van der Waals surface area contributed by atoms with E-state index in [0.29, 0.717) is 11.8 Å². The summed E-state index contributed by atoms with van der Waals surface area (Å²) in [5, 5.41) is 5.69. The molecular formula is C16H16ClN3. The molecule has 0 atom stereocenters. The van der Waals surface area contributed by atoms with Gasteiger partial charge in [-0.25, -0.2) is 9.67 Å². The van der Waals surface area contributed by atoms with Crippen molar-refractivity contribution in [3.8, 4) is 5.82 Å². The van der Waals surface area contributed by atoms with Gasteiger partial charge in [0.25, 0.3) is 0 Å². The van der Waals surface area contributed by atoms with Gasteiger partial charge in [-0.05, 0) is 24.1 Å². The lowest BCUT2D eigenvalue weighted by Gasteiger charge is -2.08. The standard InChI is InChI=1S/C16H16ClN3/c1-11(2)14-7-8-20(19-14)16-13(10-17)9-12-5-3-4-6-15(12)18-16/h3-9,11H,10H2,1-2H3. The number of benzene rings is 1. The van der Waals surface area contributed by atoms with Crippen LogP contribution < -0.4 is 0 Å². The largest absolute Gasteiger partial charge is 0.228 e. The molecule has 0 amide bonds. The molecule has 4 heteroatoms. The Morgan fingerprint density at radius 1 is 1.20 bits per heavy atom. The smallest absolute Gasteiger partial charge is 0.158 e. The van der Waals surface area contributed by atoms with Crippen LogP contribution in [0.5, 0.6) is 0 Å². The number of aromatic nitrogens is 3. The van der Waals surface area contributed by atoms with E-state index in [9.17, 15) is 0 Å². The first kappa shape index (κ1) is 13.1. The van der Waals surface area contributed by atoms with Crippen molar-refractivity contribution in [3.63, 3.8) is 0 Å². The maximum atomic E-state index is 6.07. The summed E-state index contributed by atoms with van der Waals surface area (Å²) in [6.45, 7) is 4.26. The monoisotopic (exact) mass is 285 g/mol. The van der Waals surface area contributed by atoms with Gasteiger partial charge in [0.15, 0.2) is 5.82 Å². The minimum atomic E-state index is 0.399. The fraction of sp³-hybridized carbons (Fsp3) is 0.250. The number of pyridine rings is 1. The lowest BCUT2D eigenvalue weighted by atomic mass is 10.1. The number of nitrogens with zero attached hydrogens (tertiary/aromatic N) is 3. The number of halogens is 1. The summed E-state index contributed by atoms with van der Waals surface area (Å²) in [5.41, 5.74) is 3.00. The summed E-state index contributed by atoms with van der Waals surface area (Å²) in [7, 11) is 0. The van der Waals surface area contributed by atoms with Crippen molar-refractivity contribution < 1.29 is 0 Å². The predicted octanol–water partition coefficient (Wildman–Crippen LogP) is 4.28. The van der Waals surface area contributed by atoms with Crippen LogP contribution in [-0.2, 0) is 5.88 Å². The van der Waals surface area contributed by atoms with Crippen LogP contribution in [0.2, 0.25) is 0 Å². The van der Waals surface area contributed by atoms with Crippen molar-refractivity contribution in [3.05, 3.63) is 53.9 Å². The highest BCUT2D eigenvalue weighted by molar-refractivity contribution is 6.17. The molecule has 0 spiro atoms. The molecule has 0 aliphatic carbocycles. The highest BCUT2D eigenvalue weighted by Gasteiger charge is 2.11. The van der Waals surface area contributed by atoms with Crippen LogP contribution in [0, 0.1) is 0 Å². The van der Waals surface area contributed by atoms with E-state index in [-0.39, 0.29) is 0 Å². The van der Waals surface area contributed by atoms with Crippen molar-refractivity contribution in [2.45, 2.75) is 25.6 Å². The Kier molecular flexibility index (Phi) is 3.45. The maximum absolute atomic E-state index is 6.07. The lowest BCUT2D eigenvalue weighted by Crippen LogP contribution is -2.04. The summed E-state index contributed by atoms with van der Waals surface area (Å²) >= 11 is 6.07. The van der Waals surface area contributed by atoms with Gasteiger partial charge in [0, 0.05) is 17.1 Å². The van der Waals surface area contributed by atoms with E-state index in [1.807, 2.05) is 41.2 Å². The Morgan fingerprint density at radius 3 is 2.70 bits per heavy atom. The first-order chi connectivity index (χ1) is 9.69. The number of hydrogen-bond acceptors (Lipinski definition) is 2. The minimum Gasteiger partial charge on any atom is -0.228 e. The third-order valence-corrected chi connectivity index (χ3v) is 3.63. The van der Waals surface area contributed by atoms with Crippen LogP contribution in [0.1, 0.15) is 31.0 Å². The van der Waals surface area contributed by atoms with E-state index < -0.39 is 0 Å². The average Bonchev–Trinajstić information content (AvgIpc) is 2.95. The quantitative estimate of drug-likeness (QED) is 0.672. The second-order valence-electron chi connectivity index (χ2n) is 5.14. The van der Waals surface area contributed by atoms with Gasteiger partial charge >= 0.3 is 0 Å². The van der Waals surface area contributed by atoms with Crippen molar-refractivity contribution >= 4 is 22.5 Å². The van der Waals surface area contributed by atoms with Crippen LogP contribution in [-0.4, -0.2) is 14.8 Å². The number of para-hydroxylation sites is 1. The Balaban J connectivity index is 2.17. The van der Waals surface area contributed by atoms with Gasteiger partial charge in [0.2, 0.25) is 0 Å². The highest BCUT2D eigenvalue weighted by Crippen LogP contribution is 2.22. The maximum Gasteiger partial charge on any atom is 0.158 e. The van der Waals surface area contributed by atoms with Gasteiger partial charge in [-0.2, -0.15) is 5.10 Å². The summed E-state index contributed by atoms with van der Waals surface area (Å²) in [6.07, 6.45) is 1.95. The van der Waals surface area contributed by atoms with Crippen molar-refractivity contribution in [2.75, 3.05) is 0 Å². The summed E-state index contributed by atoms with van der Waals surface area (Å²) in [4.78, 5) is 4.70. The molecule has 0 N–H and O–H groups in total. The molecule has 20 heavy (non-hydrogen) atoms. The Labute approximate surface area is 123 Å². The molecule has 1 aromatic carbocycles. The summed E-state index contributed by atoms with van der Waals surface area (Å²) in [6, 6.07) is 12.2. The molecule has 3 nitrogen and oxygen atoms in total. The van der Waals surface area contributed by atoms with Gasteiger partial charge in [-0.1, -0.05) is 32.0 Å². The van der Waals surface area contributed by atoms with Crippen LogP contribution in [0.3, 0.4) is 0 Å². The van der Waals surface area contributed by atoms with Gasteiger partial charge in [0.1, 0.15) is 0 Å². The van der Waals surface area contributed by atoms with E-state index in [0.717, 1.165) is 28.0 Å². The first-order valence-electron chi connectivity index (χ1n) is 6.69. The minimum absolute atomic E-state index is 0.399. The molecule has 2 aromatic heterocycles. The zero-order valence-electron chi connectivity index (χ0n) is 11.5. The molecule has 0 saturated carbocycles. The van der Waals surface area contributed by atoms with Gasteiger partial charge < -0.3 is 0 Å². The molecule has 0 fully saturated rings. The predicted molar refractivity (Wildman–Crippen MR) is 82.5 cm³/mol. The number of alkyl halides is 1. The van der Waals surface area contributed by atoms with Crippen molar-refractivity contribution in [1.29, 1.82) is 0 Å². The second-order valence-corrected chi connectivity index (χ2v) is 5.40. The molecule has 0 aliphatic heterocycles. The lowest BCUT2D eigenvalue weighted by molar-refractivity contribution is 0.756. The SMILES string of the molecule is CC(C)c1ccn(-c2nc3ccccc3cc2CCl)n1. The van der Waals surface area contributed by atoms with Gasteiger partial charge in [-0.15, -0.1) is 11.6 Å². The van der Waals surface area contributed by atoms with E-state index in [1.165, 1.54) is 0 Å². The van der Waals surface area contributed by atoms with Crippen LogP contribution in [0.15, 0.2) is 42.6 Å². The van der Waals surface area contributed by atoms with E-state index >= 15 is 0 Å². The van der Waals surface area contributed by atoms with Crippen LogP contribution in [0.25, 0.3) is 16.7 Å². The molecule has 0 aliphatic rings. The molecule has 102 valence electrons. The third kappa shape index (κ3) is 2.29. The molecule has 3 rings (SSSR count). The summed E-state index contributed by atoms with van der Waals surface area (Å²) < 4.78 is 1.82. The summed E-state index contributed by atoms with van der Waals surface area (Å²) in [5.74, 6) is 1.63. The van der Waals surface area contributed by atoms with Crippen molar-refractivity contribution in [1.82, 2.24) is 14.8 Å². The molecule has 3 aromatic rings. The average molecular weight is 286 g/mol. The fourth-order valence-electron chi connectivity index (χ4n) is 2.21. The van der Waals surface area contributed by atoms with Crippen LogP contribution >= 0.6 is 11.6 Å². The highest BCUT2D eigenvalue weighted by atomic mass is 35.5. The molecule has 0 radical (unpaired) electrons. The van der Waals surface area contributed by atoms with E-state index in [1.54, 1.807) is 0 Å². The topological polar surface area (TPSA) is 30.7 Å². The molecular weight excluding hydrogens is 270 g/mol.